The van der Waals surface area contributed by atoms with E-state index in [1.165, 1.54) is 0 Å². The third-order valence-electron chi connectivity index (χ3n) is 3.03. The molecule has 4 heteroatoms. The van der Waals surface area contributed by atoms with Gasteiger partial charge in [-0.1, -0.05) is 6.08 Å². The Morgan fingerprint density at radius 2 is 2.44 bits per heavy atom. The zero-order valence-electron chi connectivity index (χ0n) is 9.99. The Bertz CT molecular complexity index is 317. The third-order valence-corrected chi connectivity index (χ3v) is 3.03. The topological polar surface area (TPSA) is 56.1 Å². The van der Waals surface area contributed by atoms with Crippen molar-refractivity contribution in [2.24, 2.45) is 0 Å². The highest BCUT2D eigenvalue weighted by Crippen LogP contribution is 2.22. The van der Waals surface area contributed by atoms with Gasteiger partial charge in [0.05, 0.1) is 18.5 Å². The van der Waals surface area contributed by atoms with Crippen LogP contribution in [0.4, 0.5) is 0 Å². The molecule has 4 nitrogen and oxygen atoms in total. The van der Waals surface area contributed by atoms with E-state index in [1.54, 1.807) is 6.08 Å². The predicted octanol–water partition coefficient (Wildman–Crippen LogP) is 1.06. The highest BCUT2D eigenvalue weighted by atomic mass is 16.2. The molecule has 0 bridgehead atoms. The summed E-state index contributed by atoms with van der Waals surface area (Å²) in [6.45, 7) is 9.07. The number of amides is 1. The lowest BCUT2D eigenvalue weighted by Crippen LogP contribution is -2.50. The zero-order valence-corrected chi connectivity index (χ0v) is 9.99. The lowest BCUT2D eigenvalue weighted by Gasteiger charge is -2.37. The third kappa shape index (κ3) is 2.61. The van der Waals surface area contributed by atoms with Crippen LogP contribution in [-0.4, -0.2) is 35.5 Å². The van der Waals surface area contributed by atoms with Crippen LogP contribution in [0.1, 0.15) is 26.7 Å². The van der Waals surface area contributed by atoms with Gasteiger partial charge in [0.2, 0.25) is 5.91 Å². The van der Waals surface area contributed by atoms with Gasteiger partial charge in [-0.15, -0.1) is 6.58 Å². The smallest absolute Gasteiger partial charge is 0.241 e. The molecule has 1 amide bonds. The fraction of sp³-hybridized carbons (Fsp3) is 0.667. The molecule has 1 rings (SSSR count). The van der Waals surface area contributed by atoms with Crippen molar-refractivity contribution >= 4 is 5.91 Å². The van der Waals surface area contributed by atoms with E-state index in [1.807, 2.05) is 24.8 Å². The molecule has 0 saturated carbocycles. The molecule has 1 unspecified atom stereocenters. The molecule has 0 aliphatic carbocycles. The Kier molecular flexibility index (Phi) is 4.08. The van der Waals surface area contributed by atoms with Crippen molar-refractivity contribution in [1.82, 2.24) is 10.2 Å². The average molecular weight is 221 g/mol. The number of carbonyl (C=O) groups is 1. The summed E-state index contributed by atoms with van der Waals surface area (Å²) in [5.41, 5.74) is -0.178. The number of nitrogens with zero attached hydrogens (tertiary/aromatic N) is 2. The monoisotopic (exact) mass is 221 g/mol. The second-order valence-corrected chi connectivity index (χ2v) is 4.67. The van der Waals surface area contributed by atoms with Gasteiger partial charge in [0.15, 0.2) is 0 Å². The van der Waals surface area contributed by atoms with Crippen LogP contribution in [0.25, 0.3) is 0 Å². The molecule has 0 spiro atoms. The van der Waals surface area contributed by atoms with Crippen LogP contribution in [0.2, 0.25) is 0 Å². The minimum atomic E-state index is -0.369. The van der Waals surface area contributed by atoms with Gasteiger partial charge < -0.3 is 10.2 Å². The normalized spacial score (nSPS) is 24.7. The van der Waals surface area contributed by atoms with Crippen molar-refractivity contribution in [3.05, 3.63) is 12.7 Å². The maximum atomic E-state index is 12.2. The molecular formula is C12H19N3O. The summed E-state index contributed by atoms with van der Waals surface area (Å²) in [6.07, 6.45) is 2.84. The Morgan fingerprint density at radius 1 is 1.75 bits per heavy atom. The van der Waals surface area contributed by atoms with Crippen molar-refractivity contribution in [3.63, 3.8) is 0 Å². The predicted molar refractivity (Wildman–Crippen MR) is 62.6 cm³/mol. The van der Waals surface area contributed by atoms with Gasteiger partial charge in [-0.3, -0.25) is 4.79 Å². The van der Waals surface area contributed by atoms with Crippen molar-refractivity contribution in [2.45, 2.75) is 38.3 Å². The molecule has 0 aromatic rings. The van der Waals surface area contributed by atoms with Gasteiger partial charge in [-0.05, 0) is 26.8 Å². The Balaban J connectivity index is 2.91. The van der Waals surface area contributed by atoms with Crippen LogP contribution >= 0.6 is 0 Å². The molecular weight excluding hydrogens is 202 g/mol. The van der Waals surface area contributed by atoms with Crippen molar-refractivity contribution in [1.29, 1.82) is 5.26 Å². The molecule has 88 valence electrons. The first-order valence-corrected chi connectivity index (χ1v) is 5.55. The number of nitriles is 1. The van der Waals surface area contributed by atoms with Crippen LogP contribution in [0, 0.1) is 11.3 Å². The lowest BCUT2D eigenvalue weighted by molar-refractivity contribution is -0.136. The van der Waals surface area contributed by atoms with E-state index >= 15 is 0 Å². The summed E-state index contributed by atoms with van der Waals surface area (Å²) in [6, 6.07) is 1.68. The summed E-state index contributed by atoms with van der Waals surface area (Å²) >= 11 is 0. The summed E-state index contributed by atoms with van der Waals surface area (Å²) < 4.78 is 0. The molecule has 0 radical (unpaired) electrons. The highest BCUT2D eigenvalue weighted by Gasteiger charge is 2.36. The first-order valence-electron chi connectivity index (χ1n) is 5.55. The standard InChI is InChI=1S/C12H19N3O/c1-4-9-15-11(16)10(5-7-13)14-8-6-12(15,2)3/h4,10,14H,1,5-6,8-9H2,2-3H3. The van der Waals surface area contributed by atoms with Crippen molar-refractivity contribution < 1.29 is 4.79 Å². The van der Waals surface area contributed by atoms with Crippen LogP contribution in [0.5, 0.6) is 0 Å². The number of hydrogen-bond donors (Lipinski definition) is 1. The fourth-order valence-corrected chi connectivity index (χ4v) is 1.98. The lowest BCUT2D eigenvalue weighted by atomic mass is 9.98. The van der Waals surface area contributed by atoms with Crippen molar-refractivity contribution in [3.8, 4) is 6.07 Å². The highest BCUT2D eigenvalue weighted by molar-refractivity contribution is 5.83. The number of carbonyl (C=O) groups excluding carboxylic acids is 1. The minimum absolute atomic E-state index is 0.00366. The molecule has 1 heterocycles. The second kappa shape index (κ2) is 5.13. The summed E-state index contributed by atoms with van der Waals surface area (Å²) in [5, 5.41) is 11.8. The van der Waals surface area contributed by atoms with Crippen LogP contribution in [0.3, 0.4) is 0 Å². The van der Waals surface area contributed by atoms with E-state index in [4.69, 9.17) is 5.26 Å². The maximum absolute atomic E-state index is 12.2. The SMILES string of the molecule is C=CCN1C(=O)C(CC#N)NCCC1(C)C. The second-order valence-electron chi connectivity index (χ2n) is 4.67. The van der Waals surface area contributed by atoms with E-state index in [0.29, 0.717) is 6.54 Å². The molecule has 1 atom stereocenters. The van der Waals surface area contributed by atoms with Gasteiger partial charge in [-0.25, -0.2) is 0 Å². The van der Waals surface area contributed by atoms with Crippen molar-refractivity contribution in [2.75, 3.05) is 13.1 Å². The molecule has 0 aromatic heterocycles. The first-order chi connectivity index (χ1) is 7.53. The van der Waals surface area contributed by atoms with Crippen LogP contribution in [0.15, 0.2) is 12.7 Å². The maximum Gasteiger partial charge on any atom is 0.241 e. The van der Waals surface area contributed by atoms with E-state index in [2.05, 4.69) is 11.9 Å². The zero-order chi connectivity index (χ0) is 12.2. The fourth-order valence-electron chi connectivity index (χ4n) is 1.98. The van der Waals surface area contributed by atoms with E-state index < -0.39 is 0 Å². The number of nitrogens with one attached hydrogen (secondary N) is 1. The average Bonchev–Trinajstić information content (AvgIpc) is 2.31. The molecule has 1 saturated heterocycles. The van der Waals surface area contributed by atoms with Crippen LogP contribution in [-0.2, 0) is 4.79 Å². The van der Waals surface area contributed by atoms with Gasteiger partial charge in [0.1, 0.15) is 0 Å². The van der Waals surface area contributed by atoms with Gasteiger partial charge in [-0.2, -0.15) is 5.26 Å². The molecule has 16 heavy (non-hydrogen) atoms. The summed E-state index contributed by atoms with van der Waals surface area (Å²) in [5.74, 6) is 0.00366. The van der Waals surface area contributed by atoms with Crippen LogP contribution < -0.4 is 5.32 Å². The Morgan fingerprint density at radius 3 is 3.00 bits per heavy atom. The summed E-state index contributed by atoms with van der Waals surface area (Å²) in [4.78, 5) is 14.0. The first kappa shape index (κ1) is 12.7. The minimum Gasteiger partial charge on any atom is -0.332 e. The van der Waals surface area contributed by atoms with E-state index in [-0.39, 0.29) is 23.9 Å². The quantitative estimate of drug-likeness (QED) is 0.725. The molecule has 0 aromatic carbocycles. The number of rotatable bonds is 3. The molecule has 1 N–H and O–H groups in total. The Labute approximate surface area is 96.9 Å². The molecule has 1 aliphatic rings. The van der Waals surface area contributed by atoms with Gasteiger partial charge in [0.25, 0.3) is 0 Å². The van der Waals surface area contributed by atoms with Gasteiger partial charge in [0, 0.05) is 12.1 Å². The Hall–Kier alpha value is -1.34. The van der Waals surface area contributed by atoms with E-state index in [0.717, 1.165) is 13.0 Å². The molecule has 1 fully saturated rings. The molecule has 1 aliphatic heterocycles. The van der Waals surface area contributed by atoms with Gasteiger partial charge >= 0.3 is 0 Å². The number of hydrogen-bond acceptors (Lipinski definition) is 3. The largest absolute Gasteiger partial charge is 0.332 e. The summed E-state index contributed by atoms with van der Waals surface area (Å²) in [7, 11) is 0. The van der Waals surface area contributed by atoms with E-state index in [9.17, 15) is 4.79 Å².